The molecule has 138 valence electrons. The zero-order chi connectivity index (χ0) is 18.6. The minimum Gasteiger partial charge on any atom is -0.360 e. The topological polar surface area (TPSA) is 78.7 Å². The van der Waals surface area contributed by atoms with Crippen molar-refractivity contribution in [3.63, 3.8) is 0 Å². The van der Waals surface area contributed by atoms with Gasteiger partial charge in [0, 0.05) is 6.20 Å². The summed E-state index contributed by atoms with van der Waals surface area (Å²) < 4.78 is 40.3. The van der Waals surface area contributed by atoms with Crippen molar-refractivity contribution < 1.29 is 23.2 Å². The Morgan fingerprint density at radius 3 is 2.72 bits per heavy atom. The third-order valence-corrected chi connectivity index (χ3v) is 3.91. The first kappa shape index (κ1) is 19.3. The van der Waals surface area contributed by atoms with Crippen molar-refractivity contribution in [3.05, 3.63) is 28.5 Å². The van der Waals surface area contributed by atoms with Gasteiger partial charge < -0.3 is 5.32 Å². The minimum atomic E-state index is -4.57. The van der Waals surface area contributed by atoms with Crippen LogP contribution >= 0.6 is 11.6 Å². The van der Waals surface area contributed by atoms with Crippen LogP contribution in [0.4, 0.5) is 19.0 Å². The number of unbranched alkanes of at least 4 members (excludes halogenated alkanes) is 2. The van der Waals surface area contributed by atoms with Gasteiger partial charge in [0.25, 0.3) is 5.91 Å². The molecule has 3 N–H and O–H groups in total. The van der Waals surface area contributed by atoms with E-state index >= 15 is 0 Å². The van der Waals surface area contributed by atoms with Crippen LogP contribution in [-0.2, 0) is 17.4 Å². The van der Waals surface area contributed by atoms with Crippen molar-refractivity contribution in [3.8, 4) is 0 Å². The quantitative estimate of drug-likeness (QED) is 0.390. The predicted octanol–water partition coefficient (Wildman–Crippen LogP) is 3.66. The number of anilines is 1. The molecule has 2 aromatic heterocycles. The van der Waals surface area contributed by atoms with Crippen molar-refractivity contribution in [2.45, 2.75) is 38.8 Å². The maximum Gasteiger partial charge on any atom is 0.417 e. The summed E-state index contributed by atoms with van der Waals surface area (Å²) >= 11 is 5.97. The lowest BCUT2D eigenvalue weighted by atomic mass is 10.1. The molecular weight excluding hydrogens is 361 g/mol. The molecule has 0 spiro atoms. The van der Waals surface area contributed by atoms with Crippen LogP contribution in [0.2, 0.25) is 5.02 Å². The monoisotopic (exact) mass is 378 g/mol. The Balaban J connectivity index is 2.49. The maximum absolute atomic E-state index is 13.0. The number of alkyl halides is 3. The Morgan fingerprint density at radius 1 is 1.40 bits per heavy atom. The molecule has 6 nitrogen and oxygen atoms in total. The number of pyridine rings is 1. The molecule has 2 aromatic rings. The molecule has 0 saturated carbocycles. The Labute approximate surface area is 146 Å². The molecule has 0 fully saturated rings. The summed E-state index contributed by atoms with van der Waals surface area (Å²) in [5, 5.41) is 11.2. The van der Waals surface area contributed by atoms with Gasteiger partial charge in [-0.2, -0.15) is 13.2 Å². The second-order valence-electron chi connectivity index (χ2n) is 5.52. The van der Waals surface area contributed by atoms with E-state index < -0.39 is 17.6 Å². The van der Waals surface area contributed by atoms with Crippen LogP contribution in [-0.4, -0.2) is 27.0 Å². The molecule has 0 atom stereocenters. The van der Waals surface area contributed by atoms with E-state index in [9.17, 15) is 18.0 Å². The predicted molar refractivity (Wildman–Crippen MR) is 86.9 cm³/mol. The van der Waals surface area contributed by atoms with Gasteiger partial charge in [-0.25, -0.2) is 10.5 Å². The fourth-order valence-corrected chi connectivity index (χ4v) is 2.66. The van der Waals surface area contributed by atoms with E-state index in [2.05, 4.69) is 10.3 Å². The highest BCUT2D eigenvalue weighted by molar-refractivity contribution is 6.33. The summed E-state index contributed by atoms with van der Waals surface area (Å²) in [5.41, 5.74) is 1.23. The van der Waals surface area contributed by atoms with Gasteiger partial charge in [0.1, 0.15) is 5.82 Å². The Bertz CT molecular complexity index is 761. The molecule has 0 aliphatic carbocycles. The average molecular weight is 379 g/mol. The number of carbonyl (C=O) groups is 1. The highest BCUT2D eigenvalue weighted by atomic mass is 35.5. The van der Waals surface area contributed by atoms with Gasteiger partial charge in [-0.05, 0) is 18.9 Å². The van der Waals surface area contributed by atoms with Gasteiger partial charge in [-0.15, -0.1) is 0 Å². The van der Waals surface area contributed by atoms with Crippen LogP contribution in [0.3, 0.4) is 0 Å². The number of nitrogens with one attached hydrogen (secondary N) is 2. The first-order chi connectivity index (χ1) is 11.8. The Kier molecular flexibility index (Phi) is 6.12. The number of halogens is 4. The number of imidazole rings is 1. The molecule has 0 aromatic carbocycles. The highest BCUT2D eigenvalue weighted by Crippen LogP contribution is 2.34. The van der Waals surface area contributed by atoms with Crippen LogP contribution in [0.25, 0.3) is 5.65 Å². The van der Waals surface area contributed by atoms with E-state index in [-0.39, 0.29) is 23.0 Å². The number of aromatic nitrogens is 2. The summed E-state index contributed by atoms with van der Waals surface area (Å²) in [7, 11) is 0. The van der Waals surface area contributed by atoms with E-state index in [1.54, 1.807) is 0 Å². The van der Waals surface area contributed by atoms with Gasteiger partial charge in [0.05, 0.1) is 22.8 Å². The van der Waals surface area contributed by atoms with Gasteiger partial charge in [0.15, 0.2) is 5.65 Å². The van der Waals surface area contributed by atoms with E-state index in [1.165, 1.54) is 9.88 Å². The largest absolute Gasteiger partial charge is 0.417 e. The molecular formula is C15H18ClF3N4O2. The number of aryl methyl sites for hydroxylation is 1. The van der Waals surface area contributed by atoms with Crippen molar-refractivity contribution in [1.82, 2.24) is 14.9 Å². The van der Waals surface area contributed by atoms with Crippen molar-refractivity contribution in [2.75, 3.05) is 11.9 Å². The minimum absolute atomic E-state index is 0.133. The lowest BCUT2D eigenvalue weighted by Crippen LogP contribution is -2.27. The van der Waals surface area contributed by atoms with Crippen LogP contribution in [0.5, 0.6) is 0 Å². The number of nitrogens with zero attached hydrogens (tertiary/aromatic N) is 2. The zero-order valence-corrected chi connectivity index (χ0v) is 14.2. The Hall–Kier alpha value is -2.00. The zero-order valence-electron chi connectivity index (χ0n) is 13.5. The Morgan fingerprint density at radius 2 is 2.12 bits per heavy atom. The first-order valence-electron chi connectivity index (χ1n) is 7.72. The molecule has 10 heteroatoms. The second-order valence-corrected chi connectivity index (χ2v) is 5.93. The molecule has 2 rings (SSSR count). The summed E-state index contributed by atoms with van der Waals surface area (Å²) in [6.45, 7) is 1.71. The smallest absolute Gasteiger partial charge is 0.360 e. The van der Waals surface area contributed by atoms with Crippen molar-refractivity contribution >= 4 is 29.0 Å². The number of hydrogen-bond donors (Lipinski definition) is 3. The van der Waals surface area contributed by atoms with Crippen LogP contribution in [0, 0.1) is 0 Å². The number of hydrogen-bond acceptors (Lipinski definition) is 4. The highest BCUT2D eigenvalue weighted by Gasteiger charge is 2.32. The van der Waals surface area contributed by atoms with E-state index in [4.69, 9.17) is 16.8 Å². The molecule has 0 unspecified atom stereocenters. The molecule has 0 saturated heterocycles. The number of rotatable bonds is 7. The number of carbonyl (C=O) groups excluding carboxylic acids is 1. The SMILES string of the molecule is CCCCCc1nc2c(Cl)cc(C(F)(F)F)cn2c1NCC(=O)NO. The van der Waals surface area contributed by atoms with Gasteiger partial charge in [-0.3, -0.25) is 14.4 Å². The average Bonchev–Trinajstić information content (AvgIpc) is 2.90. The normalized spacial score (nSPS) is 11.8. The fraction of sp³-hybridized carbons (Fsp3) is 0.467. The maximum atomic E-state index is 13.0. The summed E-state index contributed by atoms with van der Waals surface area (Å²) in [5.74, 6) is -0.477. The summed E-state index contributed by atoms with van der Waals surface area (Å²) in [6, 6.07) is 0.823. The molecule has 0 aliphatic rings. The lowest BCUT2D eigenvalue weighted by molar-refractivity contribution is -0.137. The second kappa shape index (κ2) is 7.92. The summed E-state index contributed by atoms with van der Waals surface area (Å²) in [4.78, 5) is 15.6. The van der Waals surface area contributed by atoms with E-state index in [0.29, 0.717) is 12.1 Å². The third kappa shape index (κ3) is 4.55. The van der Waals surface area contributed by atoms with E-state index in [0.717, 1.165) is 31.5 Å². The summed E-state index contributed by atoms with van der Waals surface area (Å²) in [6.07, 6.45) is -0.448. The number of fused-ring (bicyclic) bond motifs is 1. The van der Waals surface area contributed by atoms with Crippen molar-refractivity contribution in [2.24, 2.45) is 0 Å². The van der Waals surface area contributed by atoms with Crippen LogP contribution in [0.1, 0.15) is 37.4 Å². The molecule has 0 aliphatic heterocycles. The van der Waals surface area contributed by atoms with E-state index in [1.807, 2.05) is 6.92 Å². The van der Waals surface area contributed by atoms with Gasteiger partial charge in [0.2, 0.25) is 0 Å². The first-order valence-corrected chi connectivity index (χ1v) is 8.10. The van der Waals surface area contributed by atoms with Crippen molar-refractivity contribution in [1.29, 1.82) is 0 Å². The lowest BCUT2D eigenvalue weighted by Gasteiger charge is -2.11. The molecule has 25 heavy (non-hydrogen) atoms. The molecule has 1 amide bonds. The van der Waals surface area contributed by atoms with Crippen LogP contribution in [0.15, 0.2) is 12.3 Å². The standard InChI is InChI=1S/C15H18ClF3N4O2/c1-2-3-4-5-11-14(20-7-12(24)22-25)23-8-9(15(17,18)19)6-10(16)13(23)21-11/h6,8,20,25H,2-5,7H2,1H3,(H,22,24). The fourth-order valence-electron chi connectivity index (χ4n) is 2.41. The molecule has 2 heterocycles. The number of amides is 1. The van der Waals surface area contributed by atoms with Crippen LogP contribution < -0.4 is 10.8 Å². The third-order valence-electron chi connectivity index (χ3n) is 3.63. The van der Waals surface area contributed by atoms with Gasteiger partial charge in [-0.1, -0.05) is 31.4 Å². The molecule has 0 radical (unpaired) electrons. The van der Waals surface area contributed by atoms with Gasteiger partial charge >= 0.3 is 6.18 Å². The number of hydroxylamine groups is 1. The molecule has 0 bridgehead atoms.